The summed E-state index contributed by atoms with van der Waals surface area (Å²) < 4.78 is 23.8. The number of benzene rings is 1. The fourth-order valence-electron chi connectivity index (χ4n) is 2.71. The maximum absolute atomic E-state index is 13.0. The van der Waals surface area contributed by atoms with E-state index in [4.69, 9.17) is 9.15 Å². The molecule has 0 aliphatic carbocycles. The van der Waals surface area contributed by atoms with Crippen molar-refractivity contribution in [3.05, 3.63) is 58.8 Å². The Morgan fingerprint density at radius 2 is 1.83 bits per heavy atom. The zero-order chi connectivity index (χ0) is 17.1. The van der Waals surface area contributed by atoms with Crippen molar-refractivity contribution in [2.75, 3.05) is 26.3 Å². The first kappa shape index (κ1) is 16.4. The van der Waals surface area contributed by atoms with Crippen molar-refractivity contribution in [3.63, 3.8) is 0 Å². The van der Waals surface area contributed by atoms with Crippen LogP contribution in [-0.2, 0) is 11.2 Å². The van der Waals surface area contributed by atoms with Gasteiger partial charge in [0.1, 0.15) is 5.82 Å². The minimum atomic E-state index is -0.319. The van der Waals surface area contributed by atoms with Gasteiger partial charge in [0.2, 0.25) is 0 Å². The molecule has 1 aliphatic heterocycles. The van der Waals surface area contributed by atoms with Gasteiger partial charge in [0.25, 0.3) is 5.91 Å². The highest BCUT2D eigenvalue weighted by atomic mass is 19.1. The number of Topliss-reactive ketones (excluding diaryl/α,β-unsaturated/α-hetero) is 1. The highest BCUT2D eigenvalue weighted by molar-refractivity contribution is 5.97. The molecule has 1 aromatic heterocycles. The van der Waals surface area contributed by atoms with Gasteiger partial charge in [-0.1, -0.05) is 12.1 Å². The lowest BCUT2D eigenvalue weighted by molar-refractivity contribution is 0.0282. The van der Waals surface area contributed by atoms with E-state index in [0.717, 1.165) is 5.56 Å². The van der Waals surface area contributed by atoms with Crippen LogP contribution in [0.2, 0.25) is 0 Å². The number of carbonyl (C=O) groups excluding carboxylic acids is 2. The van der Waals surface area contributed by atoms with Gasteiger partial charge in [-0.2, -0.15) is 0 Å². The second-order valence-electron chi connectivity index (χ2n) is 5.73. The van der Waals surface area contributed by atoms with E-state index in [0.29, 0.717) is 38.3 Å². The number of halogens is 1. The third-order valence-electron chi connectivity index (χ3n) is 3.95. The number of carbonyl (C=O) groups is 2. The smallest absolute Gasteiger partial charge is 0.289 e. The molecule has 1 saturated heterocycles. The van der Waals surface area contributed by atoms with Crippen LogP contribution >= 0.6 is 0 Å². The molecule has 2 aromatic rings. The van der Waals surface area contributed by atoms with Crippen molar-refractivity contribution in [1.29, 1.82) is 0 Å². The van der Waals surface area contributed by atoms with Crippen LogP contribution in [0, 0.1) is 5.82 Å². The molecule has 1 aromatic carbocycles. The lowest BCUT2D eigenvalue weighted by atomic mass is 10.0. The molecule has 0 saturated carbocycles. The molecule has 6 heteroatoms. The summed E-state index contributed by atoms with van der Waals surface area (Å²) in [7, 11) is 0. The normalized spacial score (nSPS) is 14.7. The summed E-state index contributed by atoms with van der Waals surface area (Å²) in [6.45, 7) is 3.39. The Morgan fingerprint density at radius 3 is 2.46 bits per heavy atom. The van der Waals surface area contributed by atoms with Gasteiger partial charge in [0.05, 0.1) is 13.2 Å². The van der Waals surface area contributed by atoms with Crippen molar-refractivity contribution in [3.8, 4) is 0 Å². The first-order chi connectivity index (χ1) is 11.5. The van der Waals surface area contributed by atoms with E-state index in [1.54, 1.807) is 23.1 Å². The van der Waals surface area contributed by atoms with Gasteiger partial charge in [-0.3, -0.25) is 9.59 Å². The average Bonchev–Trinajstić information content (AvgIpc) is 3.01. The molecule has 24 heavy (non-hydrogen) atoms. The molecular weight excluding hydrogens is 313 g/mol. The average molecular weight is 331 g/mol. The van der Waals surface area contributed by atoms with Crippen LogP contribution in [0.25, 0.3) is 0 Å². The van der Waals surface area contributed by atoms with E-state index >= 15 is 0 Å². The topological polar surface area (TPSA) is 59.8 Å². The summed E-state index contributed by atoms with van der Waals surface area (Å²) in [5, 5.41) is 0. The minimum absolute atomic E-state index is 0.152. The maximum atomic E-state index is 13.0. The highest BCUT2D eigenvalue weighted by Gasteiger charge is 2.25. The molecule has 0 N–H and O–H groups in total. The summed E-state index contributed by atoms with van der Waals surface area (Å²) in [5.41, 5.74) is 1.47. The van der Waals surface area contributed by atoms with Crippen LogP contribution in [-0.4, -0.2) is 42.9 Å². The first-order valence-electron chi connectivity index (χ1n) is 7.79. The van der Waals surface area contributed by atoms with E-state index in [-0.39, 0.29) is 29.0 Å². The third-order valence-corrected chi connectivity index (χ3v) is 3.95. The first-order valence-corrected chi connectivity index (χ1v) is 7.79. The van der Waals surface area contributed by atoms with Crippen molar-refractivity contribution < 1.29 is 23.1 Å². The summed E-state index contributed by atoms with van der Waals surface area (Å²) in [5.74, 6) is -0.477. The Morgan fingerprint density at radius 1 is 1.17 bits per heavy atom. The molecule has 1 amide bonds. The largest absolute Gasteiger partial charge is 0.448 e. The Hall–Kier alpha value is -2.47. The van der Waals surface area contributed by atoms with E-state index < -0.39 is 0 Å². The quantitative estimate of drug-likeness (QED) is 0.808. The van der Waals surface area contributed by atoms with Crippen LogP contribution in [0.5, 0.6) is 0 Å². The SMILES string of the molecule is CC(=O)c1oc(C(=O)N2CCOCC2)cc1Cc1ccc(F)cc1. The van der Waals surface area contributed by atoms with Crippen LogP contribution in [0.4, 0.5) is 4.39 Å². The predicted molar refractivity (Wildman–Crippen MR) is 84.6 cm³/mol. The van der Waals surface area contributed by atoms with Gasteiger partial charge in [0.15, 0.2) is 17.3 Å². The van der Waals surface area contributed by atoms with Gasteiger partial charge in [-0.05, 0) is 23.8 Å². The molecule has 1 fully saturated rings. The summed E-state index contributed by atoms with van der Waals surface area (Å²) in [6.07, 6.45) is 0.398. The third kappa shape index (κ3) is 3.54. The zero-order valence-electron chi connectivity index (χ0n) is 13.4. The number of furan rings is 1. The van der Waals surface area contributed by atoms with Gasteiger partial charge in [0, 0.05) is 32.0 Å². The lowest BCUT2D eigenvalue weighted by Gasteiger charge is -2.25. The number of hydrogen-bond acceptors (Lipinski definition) is 4. The molecule has 126 valence electrons. The Balaban J connectivity index is 1.85. The molecule has 0 atom stereocenters. The van der Waals surface area contributed by atoms with Gasteiger partial charge in [-0.25, -0.2) is 4.39 Å². The standard InChI is InChI=1S/C18H18FNO4/c1-12(21)17-14(10-13-2-4-15(19)5-3-13)11-16(24-17)18(22)20-6-8-23-9-7-20/h2-5,11H,6-10H2,1H3. The Labute approximate surface area is 139 Å². The van der Waals surface area contributed by atoms with E-state index in [1.165, 1.54) is 19.1 Å². The fourth-order valence-corrected chi connectivity index (χ4v) is 2.71. The van der Waals surface area contributed by atoms with Crippen molar-refractivity contribution in [2.24, 2.45) is 0 Å². The van der Waals surface area contributed by atoms with E-state index in [9.17, 15) is 14.0 Å². The number of amides is 1. The zero-order valence-corrected chi connectivity index (χ0v) is 13.4. The Bertz CT molecular complexity index is 745. The second kappa shape index (κ2) is 6.97. The van der Waals surface area contributed by atoms with Gasteiger partial charge >= 0.3 is 0 Å². The number of ketones is 1. The predicted octanol–water partition coefficient (Wildman–Crippen LogP) is 2.68. The molecule has 0 bridgehead atoms. The summed E-state index contributed by atoms with van der Waals surface area (Å²) in [4.78, 5) is 26.0. The molecule has 1 aliphatic rings. The fraction of sp³-hybridized carbons (Fsp3) is 0.333. The summed E-state index contributed by atoms with van der Waals surface area (Å²) >= 11 is 0. The van der Waals surface area contributed by atoms with E-state index in [2.05, 4.69) is 0 Å². The molecule has 3 rings (SSSR count). The number of hydrogen-bond donors (Lipinski definition) is 0. The van der Waals surface area contributed by atoms with Gasteiger partial charge < -0.3 is 14.1 Å². The molecule has 0 unspecified atom stereocenters. The number of ether oxygens (including phenoxy) is 1. The minimum Gasteiger partial charge on any atom is -0.448 e. The van der Waals surface area contributed by atoms with Crippen molar-refractivity contribution in [2.45, 2.75) is 13.3 Å². The highest BCUT2D eigenvalue weighted by Crippen LogP contribution is 2.22. The second-order valence-corrected chi connectivity index (χ2v) is 5.73. The van der Waals surface area contributed by atoms with Crippen molar-refractivity contribution >= 4 is 11.7 Å². The number of morpholine rings is 1. The molecule has 5 nitrogen and oxygen atoms in total. The molecular formula is C18H18FNO4. The molecule has 2 heterocycles. The monoisotopic (exact) mass is 331 g/mol. The van der Waals surface area contributed by atoms with E-state index in [1.807, 2.05) is 0 Å². The van der Waals surface area contributed by atoms with Crippen LogP contribution in [0.15, 0.2) is 34.7 Å². The number of rotatable bonds is 4. The van der Waals surface area contributed by atoms with Crippen LogP contribution in [0.3, 0.4) is 0 Å². The van der Waals surface area contributed by atoms with Gasteiger partial charge in [-0.15, -0.1) is 0 Å². The number of nitrogens with zero attached hydrogens (tertiary/aromatic N) is 1. The van der Waals surface area contributed by atoms with Crippen molar-refractivity contribution in [1.82, 2.24) is 4.90 Å². The Kier molecular flexibility index (Phi) is 4.76. The lowest BCUT2D eigenvalue weighted by Crippen LogP contribution is -2.40. The molecule has 0 spiro atoms. The van der Waals surface area contributed by atoms with Crippen LogP contribution < -0.4 is 0 Å². The summed E-state index contributed by atoms with van der Waals surface area (Å²) in [6, 6.07) is 7.63. The molecule has 0 radical (unpaired) electrons. The van der Waals surface area contributed by atoms with Crippen LogP contribution in [0.1, 0.15) is 39.2 Å². The maximum Gasteiger partial charge on any atom is 0.289 e.